The van der Waals surface area contributed by atoms with E-state index in [0.29, 0.717) is 57.0 Å². The van der Waals surface area contributed by atoms with Crippen molar-refractivity contribution in [1.82, 2.24) is 65.9 Å². The summed E-state index contributed by atoms with van der Waals surface area (Å²) in [5.74, 6) is -2.84. The summed E-state index contributed by atoms with van der Waals surface area (Å²) < 4.78 is 34.6. The van der Waals surface area contributed by atoms with Crippen molar-refractivity contribution in [3.8, 4) is 11.5 Å². The molecular formula is C44H55B2N13O13S3. The number of amides is 1. The molecule has 0 spiro atoms. The minimum absolute atomic E-state index is 0.00617. The molecular weight excluding hydrogens is 1040 g/mol. The largest absolute Gasteiger partial charge is 0.535 e. The van der Waals surface area contributed by atoms with Gasteiger partial charge in [0, 0.05) is 47.2 Å². The first-order valence-corrected chi connectivity index (χ1v) is 26.6. The third-order valence-electron chi connectivity index (χ3n) is 13.8. The van der Waals surface area contributed by atoms with Crippen LogP contribution in [0.4, 0.5) is 0 Å². The Labute approximate surface area is 443 Å². The molecule has 1 saturated heterocycles. The number of ketones is 1. The highest BCUT2D eigenvalue weighted by Gasteiger charge is 2.68. The summed E-state index contributed by atoms with van der Waals surface area (Å²) in [6.45, 7) is 10.2. The first-order valence-electron chi connectivity index (χ1n) is 23.7. The zero-order valence-electron chi connectivity index (χ0n) is 42.2. The van der Waals surface area contributed by atoms with Gasteiger partial charge in [-0.15, -0.1) is 15.3 Å². The van der Waals surface area contributed by atoms with Crippen LogP contribution in [0, 0.1) is 17.3 Å². The van der Waals surface area contributed by atoms with Gasteiger partial charge in [0.25, 0.3) is 0 Å². The summed E-state index contributed by atoms with van der Waals surface area (Å²) in [5, 5.41) is 65.2. The molecule has 2 aromatic carbocycles. The summed E-state index contributed by atoms with van der Waals surface area (Å²) in [6, 6.07) is 10.2. The number of thioether (sulfide) groups is 3. The lowest BCUT2D eigenvalue weighted by atomic mass is 9.43. The summed E-state index contributed by atoms with van der Waals surface area (Å²) >= 11 is 3.56. The molecule has 0 unspecified atom stereocenters. The number of cyclic esters (lactones) is 1. The second kappa shape index (κ2) is 22.6. The van der Waals surface area contributed by atoms with Crippen LogP contribution in [0.2, 0.25) is 5.82 Å². The number of aromatic nitrogens is 12. The number of Topliss-reactive ketones (excluding diaryl/α,β-unsaturated/α-hetero) is 1. The molecule has 0 radical (unpaired) electrons. The number of carboxylic acids is 2. The minimum atomic E-state index is -1.22. The maximum Gasteiger partial charge on any atom is 0.526 e. The number of hydrogen-bond acceptors (Lipinski definition) is 23. The molecule has 75 heavy (non-hydrogen) atoms. The van der Waals surface area contributed by atoms with Crippen molar-refractivity contribution >= 4 is 79.1 Å². The molecule has 3 saturated carbocycles. The fourth-order valence-corrected chi connectivity index (χ4v) is 11.9. The average molecular weight is 1090 g/mol. The zero-order chi connectivity index (χ0) is 54.0. The Morgan fingerprint density at radius 3 is 2.01 bits per heavy atom. The molecule has 1 amide bonds. The molecule has 6 atom stereocenters. The van der Waals surface area contributed by atoms with Gasteiger partial charge in [-0.05, 0) is 104 Å². The number of fused-ring (bicyclic) bond motifs is 2. The highest BCUT2D eigenvalue weighted by molar-refractivity contribution is 8.00. The van der Waals surface area contributed by atoms with E-state index in [-0.39, 0.29) is 58.2 Å². The van der Waals surface area contributed by atoms with E-state index < -0.39 is 55.3 Å². The Kier molecular flexibility index (Phi) is 16.6. The van der Waals surface area contributed by atoms with Gasteiger partial charge >= 0.3 is 32.1 Å². The number of carbonyl (C=O) groups is 5. The van der Waals surface area contributed by atoms with Gasteiger partial charge in [-0.2, -0.15) is 0 Å². The first kappa shape index (κ1) is 55.1. The third-order valence-corrected chi connectivity index (χ3v) is 16.9. The molecule has 3 aliphatic heterocycles. The van der Waals surface area contributed by atoms with Crippen molar-refractivity contribution in [2.75, 3.05) is 17.3 Å². The fraction of sp³-hybridized carbons (Fsp3) is 0.545. The average Bonchev–Trinajstić information content (AvgIpc) is 4.18. The number of rotatable bonds is 16. The van der Waals surface area contributed by atoms with Crippen molar-refractivity contribution in [3.05, 3.63) is 58.7 Å². The van der Waals surface area contributed by atoms with Crippen molar-refractivity contribution in [3.63, 3.8) is 0 Å². The molecule has 398 valence electrons. The molecule has 31 heteroatoms. The predicted octanol–water partition coefficient (Wildman–Crippen LogP) is 2.41. The maximum absolute atomic E-state index is 13.2. The van der Waals surface area contributed by atoms with Crippen LogP contribution in [0.5, 0.6) is 11.5 Å². The molecule has 4 N–H and O–H groups in total. The van der Waals surface area contributed by atoms with E-state index in [9.17, 15) is 34.1 Å². The Morgan fingerprint density at radius 1 is 0.813 bits per heavy atom. The van der Waals surface area contributed by atoms with E-state index in [0.717, 1.165) is 30.2 Å². The van der Waals surface area contributed by atoms with E-state index >= 15 is 0 Å². The smallest absolute Gasteiger partial charge is 0.526 e. The number of carbonyl (C=O) groups excluding carboxylic acids is 3. The lowest BCUT2D eigenvalue weighted by molar-refractivity contribution is -0.199. The van der Waals surface area contributed by atoms with E-state index in [1.54, 1.807) is 59.3 Å². The second-order valence-corrected chi connectivity index (χ2v) is 22.6. The molecule has 4 fully saturated rings. The number of nitrogens with zero attached hydrogens (tertiary/aromatic N) is 12. The number of benzene rings is 2. The number of para-hydroxylation sites is 2. The van der Waals surface area contributed by atoms with E-state index in [1.807, 2.05) is 6.07 Å². The number of esters is 1. The third kappa shape index (κ3) is 12.4. The number of carboxylic acid groups (broad SMARTS) is 2. The lowest BCUT2D eigenvalue weighted by Gasteiger charge is -2.64. The molecule has 11 rings (SSSR count). The molecule has 6 heterocycles. The Morgan fingerprint density at radius 2 is 1.43 bits per heavy atom. The predicted molar refractivity (Wildman–Crippen MR) is 268 cm³/mol. The molecule has 6 aliphatic rings. The number of hydrogen-bond donors (Lipinski definition) is 4. The zero-order valence-corrected chi connectivity index (χ0v) is 44.6. The van der Waals surface area contributed by atoms with Crippen molar-refractivity contribution < 1.29 is 62.6 Å². The molecule has 2 bridgehead atoms. The van der Waals surface area contributed by atoms with Gasteiger partial charge in [0.2, 0.25) is 27.2 Å². The summed E-state index contributed by atoms with van der Waals surface area (Å²) in [5.41, 5.74) is 1.58. The minimum Gasteiger partial charge on any atom is -0.535 e. The Balaban J connectivity index is 0.000000176. The van der Waals surface area contributed by atoms with Gasteiger partial charge in [-0.1, -0.05) is 73.4 Å². The highest BCUT2D eigenvalue weighted by Crippen LogP contribution is 2.66. The molecule has 3 aromatic heterocycles. The first-order chi connectivity index (χ1) is 35.5. The van der Waals surface area contributed by atoms with Crippen LogP contribution in [0.25, 0.3) is 0 Å². The number of aromatic carboxylic acids is 1. The number of aryl methyl sites for hydroxylation is 3. The van der Waals surface area contributed by atoms with E-state index in [2.05, 4.69) is 72.7 Å². The topological polar surface area (TPSA) is 335 Å². The fourth-order valence-electron chi connectivity index (χ4n) is 9.95. The molecule has 26 nitrogen and oxygen atoms in total. The normalized spacial score (nSPS) is 22.7. The number of aliphatic carboxylic acids is 1. The van der Waals surface area contributed by atoms with Crippen LogP contribution < -0.4 is 14.7 Å². The SMILES string of the molecule is Cn1nnnc1SCC(=O)C[C@H]1Cc2cccc(C(=O)O)c2OB1O.Cn1nnnc1SCC(=O)N[C@@H](Cc1cccc2c1OC(C)(C)OC2=O)B1O[C@@H]2C[C@@H]3C[C@@H](C3(C)C)[C@]2(C)O1.Cn1nnnc1SCC(=O)O. The van der Waals surface area contributed by atoms with Gasteiger partial charge < -0.3 is 44.0 Å². The van der Waals surface area contributed by atoms with Crippen molar-refractivity contribution in [1.29, 1.82) is 0 Å². The van der Waals surface area contributed by atoms with Crippen LogP contribution in [0.1, 0.15) is 85.7 Å². The standard InChI is InChI=1S/C26H34BN5O6S.C14H15BN4O5S.C4H6N4O2S/c1-24(2)15-11-17(24)26(5)18(12-15)37-27(38-26)19(28-20(33)13-39-23-29-30-31-32(23)6)10-14-8-7-9-16-21(14)35-25(3,4)36-22(16)34;1-19-14(16-17-18-19)25-7-10(20)6-9-5-8-3-2-4-11(13(21)22)12(8)24-15(9)23;1-8-4(5-6-7-8)11-2-3(9)10/h7-9,15,17-19H,10-13H2,1-6H3,(H,28,33);2-4,9,23H,5-7H2,1H3,(H,21,22);2H2,1H3,(H,9,10)/t15-,17-,18+,19-,26-;9-;/m01./s1. The number of tetrazole rings is 3. The van der Waals surface area contributed by atoms with Crippen LogP contribution in [-0.2, 0) is 62.4 Å². The van der Waals surface area contributed by atoms with Crippen molar-refractivity contribution in [2.45, 2.75) is 111 Å². The van der Waals surface area contributed by atoms with Gasteiger partial charge in [0.05, 0.1) is 40.5 Å². The van der Waals surface area contributed by atoms with E-state index in [4.69, 9.17) is 28.5 Å². The van der Waals surface area contributed by atoms with E-state index in [1.165, 1.54) is 43.6 Å². The van der Waals surface area contributed by atoms with Crippen molar-refractivity contribution in [2.24, 2.45) is 38.4 Å². The van der Waals surface area contributed by atoms with Crippen LogP contribution in [0.15, 0.2) is 51.9 Å². The van der Waals surface area contributed by atoms with Crippen LogP contribution >= 0.6 is 35.3 Å². The monoisotopic (exact) mass is 1090 g/mol. The molecule has 5 aromatic rings. The van der Waals surface area contributed by atoms with Gasteiger partial charge in [-0.3, -0.25) is 14.4 Å². The Bertz CT molecular complexity index is 2950. The molecule has 3 aliphatic carbocycles. The van der Waals surface area contributed by atoms with Gasteiger partial charge in [-0.25, -0.2) is 23.6 Å². The highest BCUT2D eigenvalue weighted by atomic mass is 32.2. The van der Waals surface area contributed by atoms with Gasteiger partial charge in [0.15, 0.2) is 0 Å². The summed E-state index contributed by atoms with van der Waals surface area (Å²) in [6.07, 6.45) is 2.88. The van der Waals surface area contributed by atoms with Crippen LogP contribution in [0.3, 0.4) is 0 Å². The summed E-state index contributed by atoms with van der Waals surface area (Å²) in [4.78, 5) is 59.4. The quantitative estimate of drug-likeness (QED) is 0.0626. The second-order valence-electron chi connectivity index (χ2n) is 19.7. The number of nitrogens with one attached hydrogen (secondary N) is 1. The Hall–Kier alpha value is -6.14. The number of ether oxygens (including phenoxy) is 2. The maximum atomic E-state index is 13.2. The van der Waals surface area contributed by atoms with Gasteiger partial charge in [0.1, 0.15) is 22.8 Å². The van der Waals surface area contributed by atoms with Crippen LogP contribution in [-0.4, -0.2) is 160 Å². The summed E-state index contributed by atoms with van der Waals surface area (Å²) in [7, 11) is 3.19. The lowest BCUT2D eigenvalue weighted by Crippen LogP contribution is -2.65.